The molecule has 13 heteroatoms. The number of methoxy groups -OCH3 is 2. The molecule has 3 fully saturated rings. The smallest absolute Gasteiger partial charge is 0.290 e. The van der Waals surface area contributed by atoms with E-state index in [2.05, 4.69) is 14.6 Å². The first kappa shape index (κ1) is 28.2. The number of alkyl halides is 1. The Kier molecular flexibility index (Phi) is 7.66. The van der Waals surface area contributed by atoms with Gasteiger partial charge in [0.1, 0.15) is 4.90 Å². The van der Waals surface area contributed by atoms with Gasteiger partial charge in [0.25, 0.3) is 5.91 Å². The van der Waals surface area contributed by atoms with E-state index < -0.39 is 27.1 Å². The van der Waals surface area contributed by atoms with Crippen LogP contribution in [-0.2, 0) is 24.2 Å². The number of nitrogens with zero attached hydrogens (tertiary/aromatic N) is 4. The molecular weight excluding hydrogens is 529 g/mol. The molecule has 39 heavy (non-hydrogen) atoms. The van der Waals surface area contributed by atoms with Gasteiger partial charge in [-0.25, -0.2) is 22.5 Å². The molecule has 2 aromatic rings. The highest BCUT2D eigenvalue weighted by Crippen LogP contribution is 2.37. The van der Waals surface area contributed by atoms with Gasteiger partial charge in [-0.2, -0.15) is 0 Å². The topological polar surface area (TPSA) is 115 Å². The third-order valence-corrected chi connectivity index (χ3v) is 9.58. The van der Waals surface area contributed by atoms with Crippen molar-refractivity contribution in [2.75, 3.05) is 58.6 Å². The maximum Gasteiger partial charge on any atom is 0.290 e. The summed E-state index contributed by atoms with van der Waals surface area (Å²) in [6.45, 7) is 5.26. The lowest BCUT2D eigenvalue weighted by atomic mass is 10.1. The molecule has 3 atom stereocenters. The summed E-state index contributed by atoms with van der Waals surface area (Å²) in [4.78, 5) is 21.6. The number of fused-ring (bicyclic) bond motifs is 1. The van der Waals surface area contributed by atoms with Gasteiger partial charge in [0.2, 0.25) is 15.8 Å². The molecule has 1 saturated carbocycles. The maximum absolute atomic E-state index is 15.1. The van der Waals surface area contributed by atoms with Crippen LogP contribution in [0.5, 0.6) is 0 Å². The Morgan fingerprint density at radius 3 is 2.72 bits per heavy atom. The predicted octanol–water partition coefficient (Wildman–Crippen LogP) is 2.00. The van der Waals surface area contributed by atoms with Gasteiger partial charge in [0.05, 0.1) is 55.9 Å². The first-order valence-electron chi connectivity index (χ1n) is 13.4. The SMILES string of the molecule is CC[C@H]1CO[C@@H](COC)CN1c1cc(S(=O)(=O)NC2(C)CC2)cn2c(C(=O)N3CC[C@](F)(COC)C3)ncc12. The number of likely N-dealkylation sites (tertiary alicyclic amines) is 1. The van der Waals surface area contributed by atoms with Crippen LogP contribution in [0.25, 0.3) is 5.52 Å². The monoisotopic (exact) mass is 567 g/mol. The van der Waals surface area contributed by atoms with Crippen molar-refractivity contribution in [3.05, 3.63) is 24.3 Å². The quantitative estimate of drug-likeness (QED) is 0.464. The molecule has 0 spiro atoms. The van der Waals surface area contributed by atoms with Crippen LogP contribution in [0.3, 0.4) is 0 Å². The van der Waals surface area contributed by atoms with Gasteiger partial charge in [0, 0.05) is 45.5 Å². The second-order valence-electron chi connectivity index (χ2n) is 11.2. The second-order valence-corrected chi connectivity index (χ2v) is 12.9. The summed E-state index contributed by atoms with van der Waals surface area (Å²) in [7, 11) is -0.861. The summed E-state index contributed by atoms with van der Waals surface area (Å²) in [5.74, 6) is -0.420. The number of imidazole rings is 1. The summed E-state index contributed by atoms with van der Waals surface area (Å²) in [5, 5.41) is 0. The van der Waals surface area contributed by atoms with Gasteiger partial charge in [0.15, 0.2) is 5.67 Å². The van der Waals surface area contributed by atoms with Crippen molar-refractivity contribution in [2.45, 2.75) is 67.8 Å². The number of carbonyl (C=O) groups is 1. The van der Waals surface area contributed by atoms with Crippen LogP contribution in [0.15, 0.2) is 23.4 Å². The Morgan fingerprint density at radius 2 is 2.05 bits per heavy atom. The number of aromatic nitrogens is 2. The number of ether oxygens (including phenoxy) is 3. The van der Waals surface area contributed by atoms with Crippen LogP contribution in [0.2, 0.25) is 0 Å². The largest absolute Gasteiger partial charge is 0.382 e. The van der Waals surface area contributed by atoms with Crippen LogP contribution in [0.4, 0.5) is 10.1 Å². The van der Waals surface area contributed by atoms with Gasteiger partial charge < -0.3 is 24.0 Å². The van der Waals surface area contributed by atoms with Crippen molar-refractivity contribution >= 4 is 27.1 Å². The van der Waals surface area contributed by atoms with Crippen LogP contribution in [0, 0.1) is 0 Å². The Hall–Kier alpha value is -2.32. The van der Waals surface area contributed by atoms with E-state index in [9.17, 15) is 13.2 Å². The van der Waals surface area contributed by atoms with E-state index in [4.69, 9.17) is 14.2 Å². The molecule has 3 aliphatic rings. The molecule has 2 saturated heterocycles. The fourth-order valence-electron chi connectivity index (χ4n) is 5.47. The lowest BCUT2D eigenvalue weighted by Crippen LogP contribution is -2.51. The standard InChI is InChI=1S/C26H38FN5O6S/c1-5-18-14-38-19(15-36-3)12-31(18)21-10-20(39(34,35)29-25(2)6-7-25)13-32-22(21)11-28-23(32)24(33)30-9-8-26(27,16-30)17-37-4/h10-11,13,18-19,29H,5-9,12,14-17H2,1-4H3/t18-,19+,26+/m0/s1. The van der Waals surface area contributed by atoms with Gasteiger partial charge >= 0.3 is 0 Å². The van der Waals surface area contributed by atoms with Crippen molar-refractivity contribution in [2.24, 2.45) is 0 Å². The minimum atomic E-state index is -3.90. The number of pyridine rings is 1. The van der Waals surface area contributed by atoms with Crippen molar-refractivity contribution in [1.29, 1.82) is 0 Å². The van der Waals surface area contributed by atoms with E-state index in [0.29, 0.717) is 31.0 Å². The Morgan fingerprint density at radius 1 is 1.28 bits per heavy atom. The average Bonchev–Trinajstić information content (AvgIpc) is 3.27. The molecule has 1 amide bonds. The molecule has 0 aromatic carbocycles. The number of sulfonamides is 1. The summed E-state index contributed by atoms with van der Waals surface area (Å²) >= 11 is 0. The zero-order chi connectivity index (χ0) is 28.0. The number of rotatable bonds is 10. The van der Waals surface area contributed by atoms with Crippen molar-refractivity contribution in [3.8, 4) is 0 Å². The zero-order valence-electron chi connectivity index (χ0n) is 23.0. The van der Waals surface area contributed by atoms with E-state index in [-0.39, 0.29) is 49.0 Å². The third-order valence-electron chi connectivity index (χ3n) is 7.97. The molecule has 0 radical (unpaired) electrons. The van der Waals surface area contributed by atoms with Gasteiger partial charge in [-0.3, -0.25) is 9.20 Å². The number of morpholine rings is 1. The van der Waals surface area contributed by atoms with Crippen LogP contribution in [-0.4, -0.2) is 106 Å². The number of anilines is 1. The van der Waals surface area contributed by atoms with E-state index in [1.165, 1.54) is 22.6 Å². The number of hydrogen-bond donors (Lipinski definition) is 1. The lowest BCUT2D eigenvalue weighted by Gasteiger charge is -2.41. The summed E-state index contributed by atoms with van der Waals surface area (Å²) in [5.41, 5.74) is -0.868. The number of carbonyl (C=O) groups excluding carboxylic acids is 1. The lowest BCUT2D eigenvalue weighted by molar-refractivity contribution is -0.0249. The van der Waals surface area contributed by atoms with Gasteiger partial charge in [-0.15, -0.1) is 0 Å². The van der Waals surface area contributed by atoms with E-state index >= 15 is 4.39 Å². The summed E-state index contributed by atoms with van der Waals surface area (Å²) < 4.78 is 62.8. The molecule has 5 rings (SSSR count). The molecule has 1 N–H and O–H groups in total. The van der Waals surface area contributed by atoms with Crippen LogP contribution < -0.4 is 9.62 Å². The fourth-order valence-corrected chi connectivity index (χ4v) is 6.95. The average molecular weight is 568 g/mol. The molecule has 2 aromatic heterocycles. The number of halogens is 1. The molecule has 4 heterocycles. The van der Waals surface area contributed by atoms with E-state index in [0.717, 1.165) is 19.3 Å². The number of nitrogens with one attached hydrogen (secondary N) is 1. The van der Waals surface area contributed by atoms with Crippen molar-refractivity contribution in [1.82, 2.24) is 19.0 Å². The second kappa shape index (κ2) is 10.6. The Balaban J connectivity index is 1.59. The zero-order valence-corrected chi connectivity index (χ0v) is 23.8. The predicted molar refractivity (Wildman–Crippen MR) is 142 cm³/mol. The highest BCUT2D eigenvalue weighted by atomic mass is 32.2. The molecule has 11 nitrogen and oxygen atoms in total. The van der Waals surface area contributed by atoms with Crippen LogP contribution in [0.1, 0.15) is 50.1 Å². The van der Waals surface area contributed by atoms with E-state index in [1.54, 1.807) is 19.4 Å². The first-order valence-corrected chi connectivity index (χ1v) is 14.9. The summed E-state index contributed by atoms with van der Waals surface area (Å²) in [6.07, 6.45) is 5.27. The molecule has 0 unspecified atom stereocenters. The minimum Gasteiger partial charge on any atom is -0.382 e. The van der Waals surface area contributed by atoms with Crippen molar-refractivity contribution in [3.63, 3.8) is 0 Å². The van der Waals surface area contributed by atoms with Gasteiger partial charge in [-0.05, 0) is 32.3 Å². The third kappa shape index (κ3) is 5.64. The van der Waals surface area contributed by atoms with Gasteiger partial charge in [-0.1, -0.05) is 6.92 Å². The van der Waals surface area contributed by atoms with Crippen molar-refractivity contribution < 1.29 is 31.8 Å². The fraction of sp³-hybridized carbons (Fsp3) is 0.692. The molecule has 2 aliphatic heterocycles. The van der Waals surface area contributed by atoms with Crippen LogP contribution >= 0.6 is 0 Å². The Labute approximate surface area is 228 Å². The highest BCUT2D eigenvalue weighted by molar-refractivity contribution is 7.89. The highest BCUT2D eigenvalue weighted by Gasteiger charge is 2.43. The molecule has 216 valence electrons. The molecular formula is C26H38FN5O6S. The normalized spacial score (nSPS) is 26.9. The maximum atomic E-state index is 15.1. The first-order chi connectivity index (χ1) is 18.5. The minimum absolute atomic E-state index is 0.0115. The number of hydrogen-bond acceptors (Lipinski definition) is 8. The summed E-state index contributed by atoms with van der Waals surface area (Å²) in [6, 6.07) is 1.64. The Bertz CT molecular complexity index is 1330. The molecule has 1 aliphatic carbocycles. The number of amides is 1. The van der Waals surface area contributed by atoms with E-state index in [1.807, 2.05) is 13.8 Å². The molecule has 0 bridgehead atoms.